The first-order valence-electron chi connectivity index (χ1n) is 9.73. The Labute approximate surface area is 168 Å². The summed E-state index contributed by atoms with van der Waals surface area (Å²) >= 11 is 1.53. The van der Waals surface area contributed by atoms with Crippen LogP contribution in [0.1, 0.15) is 45.2 Å². The highest BCUT2D eigenvalue weighted by atomic mass is 32.1. The number of hydrogen-bond acceptors (Lipinski definition) is 4. The second kappa shape index (κ2) is 11.7. The first-order chi connectivity index (χ1) is 13.1. The normalized spacial score (nSPS) is 11.4. The van der Waals surface area contributed by atoms with Gasteiger partial charge < -0.3 is 9.64 Å². The Hall–Kier alpha value is -1.91. The third kappa shape index (κ3) is 7.69. The topological polar surface area (TPSA) is 25.4 Å². The van der Waals surface area contributed by atoms with Crippen molar-refractivity contribution < 1.29 is 4.74 Å². The predicted molar refractivity (Wildman–Crippen MR) is 120 cm³/mol. The van der Waals surface area contributed by atoms with E-state index in [-0.39, 0.29) is 0 Å². The van der Waals surface area contributed by atoms with Gasteiger partial charge in [-0.15, -0.1) is 6.58 Å². The van der Waals surface area contributed by atoms with Crippen molar-refractivity contribution in [1.29, 1.82) is 0 Å². The van der Waals surface area contributed by atoms with Gasteiger partial charge >= 0.3 is 0 Å². The number of likely N-dealkylation sites (N-methyl/N-ethyl adjacent to an activating group) is 1. The van der Waals surface area contributed by atoms with Crippen molar-refractivity contribution in [3.63, 3.8) is 0 Å². The maximum Gasteiger partial charge on any atom is 0.120 e. The summed E-state index contributed by atoms with van der Waals surface area (Å²) in [4.78, 5) is 2.30. The number of benzene rings is 1. The molecule has 1 aromatic heterocycles. The van der Waals surface area contributed by atoms with Gasteiger partial charge in [0.05, 0.1) is 17.0 Å². The zero-order valence-corrected chi connectivity index (χ0v) is 17.7. The molecule has 1 aromatic carbocycles. The molecule has 0 bridgehead atoms. The summed E-state index contributed by atoms with van der Waals surface area (Å²) in [5.41, 5.74) is 2.31. The fraction of sp³-hybridized carbons (Fsp3) is 0.435. The van der Waals surface area contributed by atoms with Crippen LogP contribution in [0.25, 0.3) is 16.2 Å². The lowest BCUT2D eigenvalue weighted by Gasteiger charge is -2.13. The van der Waals surface area contributed by atoms with E-state index < -0.39 is 0 Å². The second-order valence-electron chi connectivity index (χ2n) is 7.14. The molecule has 0 unspecified atom stereocenters. The van der Waals surface area contributed by atoms with Gasteiger partial charge in [0, 0.05) is 11.9 Å². The van der Waals surface area contributed by atoms with Crippen LogP contribution >= 0.6 is 11.5 Å². The van der Waals surface area contributed by atoms with Crippen molar-refractivity contribution in [2.24, 2.45) is 0 Å². The molecule has 0 atom stereocenters. The molecular weight excluding hydrogens is 352 g/mol. The minimum atomic E-state index is 0.778. The first kappa shape index (κ1) is 21.4. The Morgan fingerprint density at radius 3 is 2.81 bits per heavy atom. The average molecular weight is 385 g/mol. The number of nitrogens with zero attached hydrogens (tertiary/aromatic N) is 2. The summed E-state index contributed by atoms with van der Waals surface area (Å²) in [6.45, 7) is 10.8. The van der Waals surface area contributed by atoms with Crippen LogP contribution in [0.4, 0.5) is 0 Å². The van der Waals surface area contributed by atoms with E-state index in [1.807, 2.05) is 6.08 Å². The van der Waals surface area contributed by atoms with Gasteiger partial charge in [0.25, 0.3) is 0 Å². The fourth-order valence-electron chi connectivity index (χ4n) is 2.82. The van der Waals surface area contributed by atoms with Crippen LogP contribution in [0.15, 0.2) is 48.6 Å². The van der Waals surface area contributed by atoms with Crippen molar-refractivity contribution in [3.05, 3.63) is 54.3 Å². The number of aromatic nitrogens is 1. The average Bonchev–Trinajstić information content (AvgIpc) is 3.03. The molecule has 0 amide bonds. The molecule has 3 nitrogen and oxygen atoms in total. The molecule has 2 aromatic rings. The van der Waals surface area contributed by atoms with Crippen molar-refractivity contribution in [2.45, 2.75) is 39.5 Å². The predicted octanol–water partition coefficient (Wildman–Crippen LogP) is 6.33. The van der Waals surface area contributed by atoms with Crippen LogP contribution in [0.5, 0.6) is 5.75 Å². The second-order valence-corrected chi connectivity index (χ2v) is 7.95. The largest absolute Gasteiger partial charge is 0.494 e. The lowest BCUT2D eigenvalue weighted by atomic mass is 10.2. The smallest absolute Gasteiger partial charge is 0.120 e. The molecule has 0 aliphatic rings. The summed E-state index contributed by atoms with van der Waals surface area (Å²) in [5, 5.41) is 1.19. The van der Waals surface area contributed by atoms with Crippen LogP contribution in [0.3, 0.4) is 0 Å². The van der Waals surface area contributed by atoms with Gasteiger partial charge in [-0.2, -0.15) is 4.37 Å². The molecule has 2 rings (SSSR count). The fourth-order valence-corrected chi connectivity index (χ4v) is 3.61. The molecule has 0 saturated carbocycles. The van der Waals surface area contributed by atoms with E-state index in [0.717, 1.165) is 37.6 Å². The molecule has 0 spiro atoms. The molecule has 4 heteroatoms. The van der Waals surface area contributed by atoms with Crippen molar-refractivity contribution in [2.75, 3.05) is 26.7 Å². The quantitative estimate of drug-likeness (QED) is 0.243. The van der Waals surface area contributed by atoms with E-state index in [1.54, 1.807) is 0 Å². The highest BCUT2D eigenvalue weighted by Gasteiger charge is 2.05. The Bertz CT molecular complexity index is 772. The minimum absolute atomic E-state index is 0.778. The van der Waals surface area contributed by atoms with Crippen LogP contribution in [0.2, 0.25) is 0 Å². The van der Waals surface area contributed by atoms with Gasteiger partial charge in [-0.1, -0.05) is 36.6 Å². The highest BCUT2D eigenvalue weighted by Crippen LogP contribution is 2.28. The van der Waals surface area contributed by atoms with Gasteiger partial charge in [0.1, 0.15) is 5.75 Å². The number of rotatable bonds is 12. The molecule has 0 saturated heterocycles. The van der Waals surface area contributed by atoms with Crippen LogP contribution in [-0.4, -0.2) is 36.0 Å². The van der Waals surface area contributed by atoms with E-state index in [2.05, 4.69) is 73.2 Å². The highest BCUT2D eigenvalue weighted by molar-refractivity contribution is 7.13. The third-order valence-corrected chi connectivity index (χ3v) is 5.12. The van der Waals surface area contributed by atoms with E-state index in [1.165, 1.54) is 46.5 Å². The molecule has 146 valence electrons. The zero-order valence-electron chi connectivity index (χ0n) is 16.9. The van der Waals surface area contributed by atoms with E-state index >= 15 is 0 Å². The van der Waals surface area contributed by atoms with Gasteiger partial charge in [-0.3, -0.25) is 0 Å². The third-order valence-electron chi connectivity index (χ3n) is 4.30. The molecule has 0 aliphatic carbocycles. The maximum absolute atomic E-state index is 5.93. The van der Waals surface area contributed by atoms with Crippen LogP contribution in [0, 0.1) is 0 Å². The molecule has 27 heavy (non-hydrogen) atoms. The number of ether oxygens (including phenoxy) is 1. The van der Waals surface area contributed by atoms with Gasteiger partial charge in [-0.05, 0) is 76.1 Å². The lowest BCUT2D eigenvalue weighted by Crippen LogP contribution is -2.19. The molecule has 1 heterocycles. The summed E-state index contributed by atoms with van der Waals surface area (Å²) < 4.78 is 11.7. The number of fused-ring (bicyclic) bond motifs is 1. The van der Waals surface area contributed by atoms with E-state index in [4.69, 9.17) is 4.74 Å². The zero-order chi connectivity index (χ0) is 19.5. The van der Waals surface area contributed by atoms with Gasteiger partial charge in [-0.25, -0.2) is 0 Å². The molecule has 0 aliphatic heterocycles. The SMILES string of the molecule is C=CCN(C)CCCCCCOc1ccc2c(/C=C/C=C(C)C)nsc2c1. The Kier molecular flexibility index (Phi) is 9.29. The van der Waals surface area contributed by atoms with Crippen molar-refractivity contribution in [1.82, 2.24) is 9.27 Å². The standard InChI is InChI=1S/C23H32N2OS/c1-5-15-25(4)16-8-6-7-9-17-26-20-13-14-21-22(12-10-11-19(2)3)24-27-23(21)18-20/h5,10-14,18H,1,6-9,15-17H2,2-4H3/b12-10+. The van der Waals surface area contributed by atoms with E-state index in [9.17, 15) is 0 Å². The molecule has 0 N–H and O–H groups in total. The summed E-state index contributed by atoms with van der Waals surface area (Å²) in [6, 6.07) is 6.28. The Morgan fingerprint density at radius 2 is 2.04 bits per heavy atom. The first-order valence-corrected chi connectivity index (χ1v) is 10.5. The van der Waals surface area contributed by atoms with Crippen LogP contribution in [-0.2, 0) is 0 Å². The monoisotopic (exact) mass is 384 g/mol. The van der Waals surface area contributed by atoms with Crippen molar-refractivity contribution >= 4 is 27.7 Å². The van der Waals surface area contributed by atoms with Crippen molar-refractivity contribution in [3.8, 4) is 5.75 Å². The number of unbranched alkanes of at least 4 members (excludes halogenated alkanes) is 3. The lowest BCUT2D eigenvalue weighted by molar-refractivity contribution is 0.300. The number of allylic oxidation sites excluding steroid dienone is 3. The number of hydrogen-bond donors (Lipinski definition) is 0. The maximum atomic E-state index is 5.93. The Balaban J connectivity index is 1.74. The van der Waals surface area contributed by atoms with E-state index in [0.29, 0.717) is 0 Å². The minimum Gasteiger partial charge on any atom is -0.494 e. The van der Waals surface area contributed by atoms with Gasteiger partial charge in [0.2, 0.25) is 0 Å². The summed E-state index contributed by atoms with van der Waals surface area (Å²) in [7, 11) is 2.14. The summed E-state index contributed by atoms with van der Waals surface area (Å²) in [5.74, 6) is 0.941. The molecule has 0 radical (unpaired) electrons. The van der Waals surface area contributed by atoms with Gasteiger partial charge in [0.15, 0.2) is 0 Å². The van der Waals surface area contributed by atoms with Crippen LogP contribution < -0.4 is 4.74 Å². The Morgan fingerprint density at radius 1 is 1.22 bits per heavy atom. The molecule has 0 fully saturated rings. The summed E-state index contributed by atoms with van der Waals surface area (Å²) in [6.07, 6.45) is 13.0. The molecular formula is C23H32N2OS.